The van der Waals surface area contributed by atoms with E-state index in [-0.39, 0.29) is 54.8 Å². The quantitative estimate of drug-likeness (QED) is 0.527. The first kappa shape index (κ1) is 19.4. The van der Waals surface area contributed by atoms with Crippen molar-refractivity contribution in [2.45, 2.75) is 6.04 Å². The van der Waals surface area contributed by atoms with Crippen LogP contribution in [0.25, 0.3) is 0 Å². The molecule has 1 aromatic heterocycles. The Morgan fingerprint density at radius 2 is 2.11 bits per heavy atom. The molecule has 1 unspecified atom stereocenters. The molecule has 0 amide bonds. The van der Waals surface area contributed by atoms with Gasteiger partial charge in [0.05, 0.1) is 6.04 Å². The van der Waals surface area contributed by atoms with Gasteiger partial charge < -0.3 is 21.7 Å². The van der Waals surface area contributed by atoms with Crippen LogP contribution in [0.1, 0.15) is 0 Å². The van der Waals surface area contributed by atoms with Gasteiger partial charge >= 0.3 is 0 Å². The van der Waals surface area contributed by atoms with Gasteiger partial charge in [0, 0.05) is 13.1 Å². The summed E-state index contributed by atoms with van der Waals surface area (Å²) in [6.07, 6.45) is 0. The first-order valence-corrected chi connectivity index (χ1v) is 4.75. The molecule has 0 saturated heterocycles. The van der Waals surface area contributed by atoms with Crippen LogP contribution >= 0.6 is 37.2 Å². The number of aromatic amines is 1. The van der Waals surface area contributed by atoms with Crippen molar-refractivity contribution in [3.05, 3.63) is 10.4 Å². The van der Waals surface area contributed by atoms with Crippen LogP contribution in [0.15, 0.2) is 4.79 Å². The molecule has 0 radical (unpaired) electrons. The van der Waals surface area contributed by atoms with Gasteiger partial charge in [0.2, 0.25) is 5.95 Å². The number of H-pyrrole nitrogens is 1. The van der Waals surface area contributed by atoms with Crippen LogP contribution in [0.5, 0.6) is 0 Å². The van der Waals surface area contributed by atoms with Crippen molar-refractivity contribution in [2.24, 2.45) is 0 Å². The standard InChI is InChI=1S/C8H14N6O.3ClH/c1-10-2-4-3-11-6-5(12-4)7(15)14-8(9)13-6;;;/h4,10,12H,2-3H2,1H3,(H4,9,11,13,14,15);3*1H. The van der Waals surface area contributed by atoms with Gasteiger partial charge in [0.25, 0.3) is 5.56 Å². The summed E-state index contributed by atoms with van der Waals surface area (Å²) in [5, 5.41) is 9.21. The molecule has 0 bridgehead atoms. The van der Waals surface area contributed by atoms with Crippen LogP contribution in [0.2, 0.25) is 0 Å². The minimum Gasteiger partial charge on any atom is -0.372 e. The van der Waals surface area contributed by atoms with Crippen molar-refractivity contribution in [3.8, 4) is 0 Å². The summed E-state index contributed by atoms with van der Waals surface area (Å²) < 4.78 is 0. The van der Waals surface area contributed by atoms with E-state index in [2.05, 4.69) is 25.9 Å². The molecule has 1 aliphatic heterocycles. The number of fused-ring (bicyclic) bond motifs is 1. The van der Waals surface area contributed by atoms with E-state index >= 15 is 0 Å². The first-order valence-electron chi connectivity index (χ1n) is 4.75. The molecule has 0 aliphatic carbocycles. The zero-order valence-corrected chi connectivity index (χ0v) is 12.1. The lowest BCUT2D eigenvalue weighted by atomic mass is 10.2. The number of anilines is 3. The van der Waals surface area contributed by atoms with Gasteiger partial charge in [-0.05, 0) is 7.05 Å². The van der Waals surface area contributed by atoms with E-state index in [1.54, 1.807) is 0 Å². The Hall–Kier alpha value is -0.890. The van der Waals surface area contributed by atoms with Crippen molar-refractivity contribution in [1.82, 2.24) is 15.3 Å². The van der Waals surface area contributed by atoms with E-state index in [1.165, 1.54) is 0 Å². The molecule has 0 spiro atoms. The van der Waals surface area contributed by atoms with Crippen molar-refractivity contribution >= 4 is 54.7 Å². The molecular formula is C8H17Cl3N6O. The molecule has 0 saturated carbocycles. The maximum atomic E-state index is 11.5. The second kappa shape index (κ2) is 8.25. The normalized spacial score (nSPS) is 15.7. The predicted molar refractivity (Wildman–Crippen MR) is 80.8 cm³/mol. The third-order valence-electron chi connectivity index (χ3n) is 2.25. The van der Waals surface area contributed by atoms with Crippen LogP contribution in [-0.4, -0.2) is 36.1 Å². The molecule has 2 heterocycles. The number of nitrogens with one attached hydrogen (secondary N) is 4. The Labute approximate surface area is 123 Å². The summed E-state index contributed by atoms with van der Waals surface area (Å²) in [6, 6.07) is 0.175. The summed E-state index contributed by atoms with van der Waals surface area (Å²) in [5.41, 5.74) is 5.64. The van der Waals surface area contributed by atoms with Crippen LogP contribution in [-0.2, 0) is 0 Å². The highest BCUT2D eigenvalue weighted by Crippen LogP contribution is 2.19. The molecule has 1 aromatic rings. The van der Waals surface area contributed by atoms with Crippen molar-refractivity contribution in [2.75, 3.05) is 36.5 Å². The summed E-state index contributed by atoms with van der Waals surface area (Å²) in [7, 11) is 1.86. The largest absolute Gasteiger partial charge is 0.372 e. The Kier molecular flexibility index (Phi) is 8.92. The molecule has 10 heteroatoms. The Morgan fingerprint density at radius 3 is 2.72 bits per heavy atom. The fourth-order valence-electron chi connectivity index (χ4n) is 1.60. The van der Waals surface area contributed by atoms with Gasteiger partial charge in [-0.3, -0.25) is 9.78 Å². The van der Waals surface area contributed by atoms with Gasteiger partial charge in [0.15, 0.2) is 5.82 Å². The van der Waals surface area contributed by atoms with E-state index in [1.807, 2.05) is 7.05 Å². The van der Waals surface area contributed by atoms with Gasteiger partial charge in [-0.15, -0.1) is 37.2 Å². The maximum absolute atomic E-state index is 11.5. The maximum Gasteiger partial charge on any atom is 0.277 e. The average Bonchev–Trinajstić information content (AvgIpc) is 2.19. The molecule has 0 aromatic carbocycles. The summed E-state index contributed by atoms with van der Waals surface area (Å²) in [6.45, 7) is 1.49. The topological polar surface area (TPSA) is 108 Å². The van der Waals surface area contributed by atoms with Crippen LogP contribution < -0.4 is 27.2 Å². The van der Waals surface area contributed by atoms with E-state index in [0.29, 0.717) is 18.1 Å². The number of rotatable bonds is 2. The number of likely N-dealkylation sites (N-methyl/N-ethyl adjacent to an activating group) is 1. The lowest BCUT2D eigenvalue weighted by molar-refractivity contribution is 0.663. The highest BCUT2D eigenvalue weighted by atomic mass is 35.5. The number of hydrogen-bond acceptors (Lipinski definition) is 6. The van der Waals surface area contributed by atoms with Crippen LogP contribution in [0.3, 0.4) is 0 Å². The molecule has 1 aliphatic rings. The minimum absolute atomic E-state index is 0. The number of nitrogens with two attached hydrogens (primary N) is 1. The Bertz CT molecular complexity index is 426. The number of nitrogen functional groups attached to an aromatic ring is 1. The second-order valence-corrected chi connectivity index (χ2v) is 3.45. The summed E-state index contributed by atoms with van der Waals surface area (Å²) >= 11 is 0. The fourth-order valence-corrected chi connectivity index (χ4v) is 1.60. The highest BCUT2D eigenvalue weighted by Gasteiger charge is 2.20. The number of aromatic nitrogens is 2. The molecule has 1 atom stereocenters. The molecule has 7 nitrogen and oxygen atoms in total. The lowest BCUT2D eigenvalue weighted by Crippen LogP contribution is -2.42. The molecule has 2 rings (SSSR count). The average molecular weight is 320 g/mol. The summed E-state index contributed by atoms with van der Waals surface area (Å²) in [4.78, 5) is 18.0. The lowest BCUT2D eigenvalue weighted by Gasteiger charge is -2.26. The Morgan fingerprint density at radius 1 is 1.44 bits per heavy atom. The second-order valence-electron chi connectivity index (χ2n) is 3.45. The number of halogens is 3. The number of hydrogen-bond donors (Lipinski definition) is 5. The van der Waals surface area contributed by atoms with Gasteiger partial charge in [0.1, 0.15) is 5.69 Å². The molecule has 0 fully saturated rings. The minimum atomic E-state index is -0.245. The molecule has 18 heavy (non-hydrogen) atoms. The first-order chi connectivity index (χ1) is 7.20. The van der Waals surface area contributed by atoms with Crippen LogP contribution in [0.4, 0.5) is 17.5 Å². The summed E-state index contributed by atoms with van der Waals surface area (Å²) in [5.74, 6) is 0.642. The van der Waals surface area contributed by atoms with Crippen molar-refractivity contribution < 1.29 is 0 Å². The van der Waals surface area contributed by atoms with Gasteiger partial charge in [-0.1, -0.05) is 0 Å². The van der Waals surface area contributed by atoms with E-state index in [9.17, 15) is 4.79 Å². The number of nitrogens with zero attached hydrogens (tertiary/aromatic N) is 1. The zero-order valence-electron chi connectivity index (χ0n) is 9.65. The van der Waals surface area contributed by atoms with Gasteiger partial charge in [-0.25, -0.2) is 0 Å². The SMILES string of the molecule is CNCC1CNc2nc(N)[nH]c(=O)c2N1.Cl.Cl.Cl. The molecule has 106 valence electrons. The van der Waals surface area contributed by atoms with Gasteiger partial charge in [-0.2, -0.15) is 4.98 Å². The fraction of sp³-hybridized carbons (Fsp3) is 0.500. The third kappa shape index (κ3) is 4.09. The molecule has 6 N–H and O–H groups in total. The zero-order chi connectivity index (χ0) is 10.8. The highest BCUT2D eigenvalue weighted by molar-refractivity contribution is 5.86. The van der Waals surface area contributed by atoms with E-state index in [0.717, 1.165) is 6.54 Å². The van der Waals surface area contributed by atoms with Crippen LogP contribution in [0, 0.1) is 0 Å². The van der Waals surface area contributed by atoms with E-state index < -0.39 is 0 Å². The monoisotopic (exact) mass is 318 g/mol. The third-order valence-corrected chi connectivity index (χ3v) is 2.25. The predicted octanol–water partition coefficient (Wildman–Crippen LogP) is 0.0429. The van der Waals surface area contributed by atoms with E-state index in [4.69, 9.17) is 5.73 Å². The van der Waals surface area contributed by atoms with Crippen molar-refractivity contribution in [3.63, 3.8) is 0 Å². The Balaban J connectivity index is 0. The smallest absolute Gasteiger partial charge is 0.277 e. The van der Waals surface area contributed by atoms with Crippen molar-refractivity contribution in [1.29, 1.82) is 0 Å². The molecular weight excluding hydrogens is 302 g/mol.